The maximum absolute atomic E-state index is 13.0. The number of hydrogen-bond acceptors (Lipinski definition) is 5. The van der Waals surface area contributed by atoms with E-state index in [-0.39, 0.29) is 30.3 Å². The number of rotatable bonds is 2. The van der Waals surface area contributed by atoms with Crippen molar-refractivity contribution in [3.63, 3.8) is 0 Å². The second-order valence-electron chi connectivity index (χ2n) is 6.39. The van der Waals surface area contributed by atoms with Crippen LogP contribution in [-0.4, -0.2) is 63.5 Å². The zero-order chi connectivity index (χ0) is 15.3. The molecule has 0 bridgehead atoms. The highest BCUT2D eigenvalue weighted by atomic mass is 35.5. The van der Waals surface area contributed by atoms with Crippen LogP contribution in [0.15, 0.2) is 18.3 Å². The summed E-state index contributed by atoms with van der Waals surface area (Å²) >= 11 is 0. The maximum atomic E-state index is 13.0. The number of carbonyl (C=O) groups excluding carboxylic acids is 1. The van der Waals surface area contributed by atoms with Crippen molar-refractivity contribution in [3.8, 4) is 0 Å². The van der Waals surface area contributed by atoms with E-state index in [0.717, 1.165) is 18.6 Å². The number of aliphatic hydroxyl groups excluding tert-OH is 1. The minimum atomic E-state index is -0.190. The summed E-state index contributed by atoms with van der Waals surface area (Å²) in [4.78, 5) is 14.8. The molecule has 124 valence electrons. The number of aliphatic hydroxyl groups is 1. The van der Waals surface area contributed by atoms with Crippen LogP contribution in [0.2, 0.25) is 0 Å². The first-order valence-corrected chi connectivity index (χ1v) is 7.56. The summed E-state index contributed by atoms with van der Waals surface area (Å²) in [5.41, 5.74) is 1.86. The lowest BCUT2D eigenvalue weighted by atomic mass is 9.82. The largest absolute Gasteiger partial charge is 0.396 e. The fraction of sp³-hybridized carbons (Fsp3) is 0.533. The molecule has 0 saturated carbocycles. The molecule has 1 amide bonds. The van der Waals surface area contributed by atoms with Crippen molar-refractivity contribution in [2.45, 2.75) is 6.92 Å². The van der Waals surface area contributed by atoms with Crippen molar-refractivity contribution in [2.24, 2.45) is 11.3 Å². The Labute approximate surface area is 140 Å². The van der Waals surface area contributed by atoms with Gasteiger partial charge in [-0.15, -0.1) is 12.4 Å². The Bertz CT molecular complexity index is 749. The molecule has 2 saturated heterocycles. The van der Waals surface area contributed by atoms with Gasteiger partial charge in [0.2, 0.25) is 0 Å². The second kappa shape index (κ2) is 5.74. The van der Waals surface area contributed by atoms with Crippen molar-refractivity contribution in [1.29, 1.82) is 0 Å². The van der Waals surface area contributed by atoms with E-state index in [0.29, 0.717) is 30.3 Å². The van der Waals surface area contributed by atoms with E-state index >= 15 is 0 Å². The highest BCUT2D eigenvalue weighted by molar-refractivity contribution is 6.02. The van der Waals surface area contributed by atoms with Crippen LogP contribution in [0.1, 0.15) is 16.1 Å². The molecule has 23 heavy (non-hydrogen) atoms. The first-order chi connectivity index (χ1) is 10.6. The zero-order valence-electron chi connectivity index (χ0n) is 12.9. The molecule has 2 fully saturated rings. The van der Waals surface area contributed by atoms with Crippen LogP contribution in [0, 0.1) is 18.3 Å². The number of likely N-dealkylation sites (tertiary alicyclic amines) is 1. The predicted molar refractivity (Wildman–Crippen MR) is 86.8 cm³/mol. The third-order valence-electron chi connectivity index (χ3n) is 5.09. The van der Waals surface area contributed by atoms with Crippen LogP contribution in [0.25, 0.3) is 5.52 Å². The number of nitrogens with one attached hydrogen (secondary N) is 1. The standard InChI is InChI=1S/C15H19N5O2.ClH/c1-10-13(12-3-2-4-17-20(12)18-10)14(22)19-6-11-5-16-7-15(11,8-19)9-21;/h2-4,11,16,21H,5-9H2,1H3;1H. The molecule has 4 rings (SSSR count). The Hall–Kier alpha value is -1.70. The molecule has 8 heteroatoms. The smallest absolute Gasteiger partial charge is 0.258 e. The average molecular weight is 338 g/mol. The van der Waals surface area contributed by atoms with Crippen LogP contribution >= 0.6 is 12.4 Å². The Morgan fingerprint density at radius 2 is 2.39 bits per heavy atom. The predicted octanol–water partition coefficient (Wildman–Crippen LogP) is 0.113. The maximum Gasteiger partial charge on any atom is 0.258 e. The Morgan fingerprint density at radius 1 is 1.57 bits per heavy atom. The molecule has 2 aliphatic rings. The number of carbonyl (C=O) groups is 1. The van der Waals surface area contributed by atoms with E-state index in [1.807, 2.05) is 24.0 Å². The second-order valence-corrected chi connectivity index (χ2v) is 6.39. The lowest BCUT2D eigenvalue weighted by Gasteiger charge is -2.25. The molecule has 2 aromatic rings. The van der Waals surface area contributed by atoms with Crippen molar-refractivity contribution in [1.82, 2.24) is 25.0 Å². The van der Waals surface area contributed by atoms with Gasteiger partial charge in [-0.25, -0.2) is 0 Å². The van der Waals surface area contributed by atoms with E-state index in [1.165, 1.54) is 4.63 Å². The van der Waals surface area contributed by atoms with E-state index < -0.39 is 0 Å². The van der Waals surface area contributed by atoms with Gasteiger partial charge in [0, 0.05) is 37.8 Å². The molecule has 0 aromatic carbocycles. The van der Waals surface area contributed by atoms with Gasteiger partial charge in [-0.3, -0.25) is 4.79 Å². The molecule has 0 radical (unpaired) electrons. The number of aryl methyl sites for hydroxylation is 1. The van der Waals surface area contributed by atoms with E-state index in [2.05, 4.69) is 15.5 Å². The first kappa shape index (κ1) is 16.2. The molecule has 2 unspecified atom stereocenters. The molecule has 7 nitrogen and oxygen atoms in total. The Morgan fingerprint density at radius 3 is 3.13 bits per heavy atom. The van der Waals surface area contributed by atoms with E-state index in [9.17, 15) is 9.90 Å². The average Bonchev–Trinajstić information content (AvgIpc) is 3.15. The summed E-state index contributed by atoms with van der Waals surface area (Å²) in [7, 11) is 0. The number of nitrogens with zero attached hydrogens (tertiary/aromatic N) is 4. The Balaban J connectivity index is 0.00000156. The van der Waals surface area contributed by atoms with Crippen LogP contribution in [-0.2, 0) is 0 Å². The lowest BCUT2D eigenvalue weighted by Crippen LogP contribution is -2.38. The van der Waals surface area contributed by atoms with E-state index in [4.69, 9.17) is 0 Å². The normalized spacial score (nSPS) is 26.3. The summed E-state index contributed by atoms with van der Waals surface area (Å²) in [6, 6.07) is 3.67. The van der Waals surface area contributed by atoms with Crippen LogP contribution in [0.4, 0.5) is 0 Å². The molecule has 4 heterocycles. The monoisotopic (exact) mass is 337 g/mol. The molecule has 2 aliphatic heterocycles. The summed E-state index contributed by atoms with van der Waals surface area (Å²) < 4.78 is 1.50. The highest BCUT2D eigenvalue weighted by Gasteiger charge is 2.50. The van der Waals surface area contributed by atoms with Gasteiger partial charge in [0.05, 0.1) is 17.9 Å². The fourth-order valence-electron chi connectivity index (χ4n) is 3.83. The van der Waals surface area contributed by atoms with Crippen molar-refractivity contribution in [2.75, 3.05) is 32.8 Å². The number of halogens is 1. The van der Waals surface area contributed by atoms with Gasteiger partial charge in [-0.1, -0.05) is 0 Å². The summed E-state index contributed by atoms with van der Waals surface area (Å²) in [6.45, 7) is 4.86. The summed E-state index contributed by atoms with van der Waals surface area (Å²) in [5, 5.41) is 21.6. The third-order valence-corrected chi connectivity index (χ3v) is 5.09. The molecular formula is C15H20ClN5O2. The van der Waals surface area contributed by atoms with Crippen LogP contribution in [0.3, 0.4) is 0 Å². The molecule has 0 spiro atoms. The molecule has 2 N–H and O–H groups in total. The van der Waals surface area contributed by atoms with Crippen molar-refractivity contribution < 1.29 is 9.90 Å². The lowest BCUT2D eigenvalue weighted by molar-refractivity contribution is 0.0746. The van der Waals surface area contributed by atoms with Gasteiger partial charge in [0.1, 0.15) is 5.52 Å². The number of fused-ring (bicyclic) bond motifs is 2. The molecular weight excluding hydrogens is 318 g/mol. The zero-order valence-corrected chi connectivity index (χ0v) is 13.7. The van der Waals surface area contributed by atoms with Gasteiger partial charge in [0.25, 0.3) is 5.91 Å². The SMILES string of the molecule is Cc1nn2ncccc2c1C(=O)N1CC2CNCC2(CO)C1.Cl. The van der Waals surface area contributed by atoms with E-state index in [1.54, 1.807) is 6.20 Å². The first-order valence-electron chi connectivity index (χ1n) is 7.56. The van der Waals surface area contributed by atoms with Crippen LogP contribution in [0.5, 0.6) is 0 Å². The minimum Gasteiger partial charge on any atom is -0.396 e. The van der Waals surface area contributed by atoms with Crippen molar-refractivity contribution >= 4 is 23.8 Å². The molecule has 0 aliphatic carbocycles. The number of hydrogen-bond donors (Lipinski definition) is 2. The van der Waals surface area contributed by atoms with Gasteiger partial charge in [0.15, 0.2) is 0 Å². The molecule has 2 atom stereocenters. The highest BCUT2D eigenvalue weighted by Crippen LogP contribution is 2.39. The molecule has 2 aromatic heterocycles. The van der Waals surface area contributed by atoms with Crippen molar-refractivity contribution in [3.05, 3.63) is 29.6 Å². The third kappa shape index (κ3) is 2.31. The van der Waals surface area contributed by atoms with Gasteiger partial charge < -0.3 is 15.3 Å². The fourth-order valence-corrected chi connectivity index (χ4v) is 3.83. The minimum absolute atomic E-state index is 0. The Kier molecular flexibility index (Phi) is 4.03. The van der Waals surface area contributed by atoms with Gasteiger partial charge in [-0.2, -0.15) is 14.8 Å². The topological polar surface area (TPSA) is 82.8 Å². The van der Waals surface area contributed by atoms with Gasteiger partial charge >= 0.3 is 0 Å². The summed E-state index contributed by atoms with van der Waals surface area (Å²) in [6.07, 6.45) is 1.65. The van der Waals surface area contributed by atoms with Crippen LogP contribution < -0.4 is 5.32 Å². The number of aromatic nitrogens is 3. The summed E-state index contributed by atoms with van der Waals surface area (Å²) in [5.74, 6) is 0.310. The number of amides is 1. The quantitative estimate of drug-likeness (QED) is 0.813. The van der Waals surface area contributed by atoms with Gasteiger partial charge in [-0.05, 0) is 25.0 Å².